The highest BCUT2D eigenvalue weighted by Crippen LogP contribution is 2.18. The molecule has 2 unspecified atom stereocenters. The maximum Gasteiger partial charge on any atom is 0.0588 e. The lowest BCUT2D eigenvalue weighted by Crippen LogP contribution is -2.36. The van der Waals surface area contributed by atoms with E-state index in [1.165, 1.54) is 5.56 Å². The molecule has 3 heteroatoms. The van der Waals surface area contributed by atoms with Crippen LogP contribution >= 0.6 is 11.6 Å². The molecule has 0 aromatic heterocycles. The third-order valence-corrected chi connectivity index (χ3v) is 3.61. The summed E-state index contributed by atoms with van der Waals surface area (Å²) in [5.74, 6) is 0. The molecule has 2 atom stereocenters. The van der Waals surface area contributed by atoms with Gasteiger partial charge in [-0.1, -0.05) is 54.1 Å². The summed E-state index contributed by atoms with van der Waals surface area (Å²) in [4.78, 5) is 0. The highest BCUT2D eigenvalue weighted by atomic mass is 35.5. The number of halogens is 1. The van der Waals surface area contributed by atoms with E-state index in [4.69, 9.17) is 11.6 Å². The van der Waals surface area contributed by atoms with Crippen LogP contribution < -0.4 is 5.32 Å². The zero-order valence-corrected chi connectivity index (χ0v) is 12.3. The molecule has 0 aliphatic rings. The Morgan fingerprint density at radius 3 is 2.50 bits per heavy atom. The van der Waals surface area contributed by atoms with Crippen molar-refractivity contribution < 1.29 is 5.11 Å². The number of benzene rings is 2. The third kappa shape index (κ3) is 4.34. The molecule has 0 fully saturated rings. The van der Waals surface area contributed by atoms with Crippen molar-refractivity contribution in [3.8, 4) is 0 Å². The van der Waals surface area contributed by atoms with Crippen LogP contribution in [0.3, 0.4) is 0 Å². The van der Waals surface area contributed by atoms with Gasteiger partial charge in [-0.05, 0) is 36.6 Å². The number of hydrogen-bond donors (Lipinski definition) is 2. The van der Waals surface area contributed by atoms with Gasteiger partial charge in [0.25, 0.3) is 0 Å². The molecule has 0 bridgehead atoms. The lowest BCUT2D eigenvalue weighted by molar-refractivity contribution is 0.232. The summed E-state index contributed by atoms with van der Waals surface area (Å²) in [6.45, 7) is 2.19. The Bertz CT molecular complexity index is 530. The van der Waals surface area contributed by atoms with Gasteiger partial charge in [0.15, 0.2) is 0 Å². The van der Waals surface area contributed by atoms with E-state index in [2.05, 4.69) is 24.4 Å². The normalized spacial score (nSPS) is 13.9. The van der Waals surface area contributed by atoms with Gasteiger partial charge in [-0.25, -0.2) is 0 Å². The second kappa shape index (κ2) is 7.44. The molecule has 2 N–H and O–H groups in total. The SMILES string of the molecule is CC(NC(CO)Cc1ccccc1)c1cccc(Cl)c1. The van der Waals surface area contributed by atoms with Crippen molar-refractivity contribution in [1.82, 2.24) is 5.32 Å². The van der Waals surface area contributed by atoms with E-state index in [1.807, 2.05) is 42.5 Å². The first kappa shape index (κ1) is 15.0. The lowest BCUT2D eigenvalue weighted by atomic mass is 10.0. The smallest absolute Gasteiger partial charge is 0.0588 e. The molecule has 0 radical (unpaired) electrons. The van der Waals surface area contributed by atoms with Crippen molar-refractivity contribution in [3.63, 3.8) is 0 Å². The van der Waals surface area contributed by atoms with Crippen LogP contribution in [-0.2, 0) is 6.42 Å². The molecule has 0 aliphatic carbocycles. The largest absolute Gasteiger partial charge is 0.395 e. The Labute approximate surface area is 125 Å². The van der Waals surface area contributed by atoms with E-state index in [1.54, 1.807) is 0 Å². The molecule has 0 amide bonds. The zero-order valence-electron chi connectivity index (χ0n) is 11.6. The number of rotatable bonds is 6. The van der Waals surface area contributed by atoms with Crippen molar-refractivity contribution in [3.05, 3.63) is 70.7 Å². The summed E-state index contributed by atoms with van der Waals surface area (Å²) in [6.07, 6.45) is 0.808. The van der Waals surface area contributed by atoms with Crippen molar-refractivity contribution in [1.29, 1.82) is 0 Å². The predicted octanol–water partition coefficient (Wildman–Crippen LogP) is 3.59. The topological polar surface area (TPSA) is 32.3 Å². The van der Waals surface area contributed by atoms with Gasteiger partial charge in [0.2, 0.25) is 0 Å². The lowest BCUT2D eigenvalue weighted by Gasteiger charge is -2.22. The van der Waals surface area contributed by atoms with Gasteiger partial charge >= 0.3 is 0 Å². The van der Waals surface area contributed by atoms with Gasteiger partial charge in [0, 0.05) is 17.1 Å². The third-order valence-electron chi connectivity index (χ3n) is 3.38. The molecule has 0 aliphatic heterocycles. The van der Waals surface area contributed by atoms with Crippen LogP contribution in [0.4, 0.5) is 0 Å². The molecular formula is C17H20ClNO. The first-order valence-corrected chi connectivity index (χ1v) is 7.23. The highest BCUT2D eigenvalue weighted by molar-refractivity contribution is 6.30. The van der Waals surface area contributed by atoms with Gasteiger partial charge in [0.05, 0.1) is 6.61 Å². The van der Waals surface area contributed by atoms with Gasteiger partial charge in [-0.2, -0.15) is 0 Å². The standard InChI is InChI=1S/C17H20ClNO/c1-13(15-8-5-9-16(18)11-15)19-17(12-20)10-14-6-3-2-4-7-14/h2-9,11,13,17,19-20H,10,12H2,1H3. The second-order valence-electron chi connectivity index (χ2n) is 5.01. The van der Waals surface area contributed by atoms with Crippen molar-refractivity contribution >= 4 is 11.6 Å². The summed E-state index contributed by atoms with van der Waals surface area (Å²) >= 11 is 6.01. The Morgan fingerprint density at radius 2 is 1.85 bits per heavy atom. The minimum absolute atomic E-state index is 0.0337. The molecule has 20 heavy (non-hydrogen) atoms. The molecular weight excluding hydrogens is 270 g/mol. The van der Waals surface area contributed by atoms with E-state index < -0.39 is 0 Å². The molecule has 2 aromatic carbocycles. The minimum Gasteiger partial charge on any atom is -0.395 e. The molecule has 0 spiro atoms. The molecule has 0 saturated carbocycles. The molecule has 2 aromatic rings. The number of aliphatic hydroxyl groups excluding tert-OH is 1. The fourth-order valence-corrected chi connectivity index (χ4v) is 2.50. The second-order valence-corrected chi connectivity index (χ2v) is 5.45. The fourth-order valence-electron chi connectivity index (χ4n) is 2.30. The Hall–Kier alpha value is -1.35. The summed E-state index contributed by atoms with van der Waals surface area (Å²) in [5, 5.41) is 13.7. The van der Waals surface area contributed by atoms with Crippen LogP contribution in [0.5, 0.6) is 0 Å². The summed E-state index contributed by atoms with van der Waals surface area (Å²) < 4.78 is 0. The summed E-state index contributed by atoms with van der Waals surface area (Å²) in [6, 6.07) is 18.2. The van der Waals surface area contributed by atoms with Crippen LogP contribution in [-0.4, -0.2) is 17.8 Å². The molecule has 2 rings (SSSR count). The molecule has 0 heterocycles. The van der Waals surface area contributed by atoms with Crippen LogP contribution in [0.25, 0.3) is 0 Å². The Balaban J connectivity index is 1.99. The maximum atomic E-state index is 9.55. The predicted molar refractivity (Wildman–Crippen MR) is 84.0 cm³/mol. The number of aliphatic hydroxyl groups is 1. The number of nitrogens with one attached hydrogen (secondary N) is 1. The van der Waals surface area contributed by atoms with Crippen LogP contribution in [0.15, 0.2) is 54.6 Å². The minimum atomic E-state index is 0.0337. The quantitative estimate of drug-likeness (QED) is 0.852. The van der Waals surface area contributed by atoms with E-state index in [0.29, 0.717) is 0 Å². The Morgan fingerprint density at radius 1 is 1.10 bits per heavy atom. The van der Waals surface area contributed by atoms with Gasteiger partial charge in [-0.15, -0.1) is 0 Å². The average molecular weight is 290 g/mol. The maximum absolute atomic E-state index is 9.55. The molecule has 0 saturated heterocycles. The monoisotopic (exact) mass is 289 g/mol. The van der Waals surface area contributed by atoms with Crippen molar-refractivity contribution in [2.45, 2.75) is 25.4 Å². The van der Waals surface area contributed by atoms with E-state index in [0.717, 1.165) is 17.0 Å². The highest BCUT2D eigenvalue weighted by Gasteiger charge is 2.13. The zero-order chi connectivity index (χ0) is 14.4. The van der Waals surface area contributed by atoms with E-state index in [-0.39, 0.29) is 18.7 Å². The fraction of sp³-hybridized carbons (Fsp3) is 0.294. The average Bonchev–Trinajstić information content (AvgIpc) is 2.47. The number of hydrogen-bond acceptors (Lipinski definition) is 2. The van der Waals surface area contributed by atoms with Crippen LogP contribution in [0.1, 0.15) is 24.1 Å². The van der Waals surface area contributed by atoms with E-state index >= 15 is 0 Å². The first-order chi connectivity index (χ1) is 9.69. The molecule has 106 valence electrons. The van der Waals surface area contributed by atoms with Gasteiger partial charge < -0.3 is 10.4 Å². The van der Waals surface area contributed by atoms with Crippen molar-refractivity contribution in [2.75, 3.05) is 6.61 Å². The van der Waals surface area contributed by atoms with Crippen LogP contribution in [0, 0.1) is 0 Å². The Kier molecular flexibility index (Phi) is 5.60. The van der Waals surface area contributed by atoms with Crippen molar-refractivity contribution in [2.24, 2.45) is 0 Å². The summed E-state index contributed by atoms with van der Waals surface area (Å²) in [5.41, 5.74) is 2.35. The summed E-state index contributed by atoms with van der Waals surface area (Å²) in [7, 11) is 0. The van der Waals surface area contributed by atoms with Gasteiger partial charge in [0.1, 0.15) is 0 Å². The van der Waals surface area contributed by atoms with Gasteiger partial charge in [-0.3, -0.25) is 0 Å². The first-order valence-electron chi connectivity index (χ1n) is 6.85. The molecule has 2 nitrogen and oxygen atoms in total. The van der Waals surface area contributed by atoms with Crippen LogP contribution in [0.2, 0.25) is 5.02 Å². The van der Waals surface area contributed by atoms with E-state index in [9.17, 15) is 5.11 Å².